The molecule has 2 rings (SSSR count). The summed E-state index contributed by atoms with van der Waals surface area (Å²) in [5.41, 5.74) is 2.64. The molecule has 0 N–H and O–H groups in total. The van der Waals surface area contributed by atoms with Crippen molar-refractivity contribution >= 4 is 33.0 Å². The molecule has 1 heterocycles. The van der Waals surface area contributed by atoms with Crippen molar-refractivity contribution < 1.29 is 4.79 Å². The van der Waals surface area contributed by atoms with E-state index >= 15 is 0 Å². The van der Waals surface area contributed by atoms with Gasteiger partial charge in [0.05, 0.1) is 0 Å². The minimum absolute atomic E-state index is 0.0723. The van der Waals surface area contributed by atoms with Gasteiger partial charge in [-0.05, 0) is 22.9 Å². The van der Waals surface area contributed by atoms with E-state index in [-0.39, 0.29) is 5.78 Å². The first kappa shape index (κ1) is 10.6. The third kappa shape index (κ3) is 2.19. The molecule has 0 saturated heterocycles. The van der Waals surface area contributed by atoms with Crippen LogP contribution in [0.25, 0.3) is 0 Å². The Hall–Kier alpha value is -0.930. The Bertz CT molecular complexity index is 485. The van der Waals surface area contributed by atoms with Gasteiger partial charge in [0.1, 0.15) is 0 Å². The Labute approximate surface area is 101 Å². The van der Waals surface area contributed by atoms with Crippen molar-refractivity contribution in [2.45, 2.75) is 6.92 Å². The molecule has 1 aromatic carbocycles. The summed E-state index contributed by atoms with van der Waals surface area (Å²) in [6.45, 7) is 2.01. The van der Waals surface area contributed by atoms with Gasteiger partial charge in [0.2, 0.25) is 0 Å². The molecule has 1 nitrogen and oxygen atoms in total. The highest BCUT2D eigenvalue weighted by molar-refractivity contribution is 9.10. The Morgan fingerprint density at radius 2 is 1.87 bits per heavy atom. The molecular formula is C12H9BrOS. The van der Waals surface area contributed by atoms with Gasteiger partial charge in [0.25, 0.3) is 0 Å². The van der Waals surface area contributed by atoms with Gasteiger partial charge in [-0.25, -0.2) is 0 Å². The summed E-state index contributed by atoms with van der Waals surface area (Å²) in [5, 5.41) is 3.79. The lowest BCUT2D eigenvalue weighted by molar-refractivity contribution is 0.103. The maximum absolute atomic E-state index is 12.0. The number of carbonyl (C=O) groups is 1. The van der Waals surface area contributed by atoms with E-state index in [0.29, 0.717) is 0 Å². The van der Waals surface area contributed by atoms with Gasteiger partial charge >= 0.3 is 0 Å². The van der Waals surface area contributed by atoms with Crippen molar-refractivity contribution in [3.63, 3.8) is 0 Å². The van der Waals surface area contributed by atoms with Crippen LogP contribution in [0.2, 0.25) is 0 Å². The molecule has 76 valence electrons. The first-order valence-electron chi connectivity index (χ1n) is 4.51. The van der Waals surface area contributed by atoms with Crippen LogP contribution in [0.1, 0.15) is 21.5 Å². The van der Waals surface area contributed by atoms with Crippen LogP contribution in [-0.4, -0.2) is 5.78 Å². The summed E-state index contributed by atoms with van der Waals surface area (Å²) >= 11 is 4.89. The second kappa shape index (κ2) is 4.29. The monoisotopic (exact) mass is 280 g/mol. The molecule has 0 unspecified atom stereocenters. The van der Waals surface area contributed by atoms with Crippen molar-refractivity contribution in [2.24, 2.45) is 0 Å². The maximum Gasteiger partial charge on any atom is 0.194 e. The number of hydrogen-bond donors (Lipinski definition) is 0. The summed E-state index contributed by atoms with van der Waals surface area (Å²) < 4.78 is 0.873. The highest BCUT2D eigenvalue weighted by Crippen LogP contribution is 2.24. The van der Waals surface area contributed by atoms with Crippen LogP contribution >= 0.6 is 27.3 Å². The minimum atomic E-state index is 0.0723. The van der Waals surface area contributed by atoms with Crippen LogP contribution in [0, 0.1) is 6.92 Å². The molecule has 3 heteroatoms. The molecule has 0 atom stereocenters. The van der Waals surface area contributed by atoms with E-state index in [1.165, 1.54) is 11.3 Å². The fraction of sp³-hybridized carbons (Fsp3) is 0.0833. The summed E-state index contributed by atoms with van der Waals surface area (Å²) in [6.07, 6.45) is 0. The van der Waals surface area contributed by atoms with Crippen molar-refractivity contribution in [1.29, 1.82) is 0 Å². The quantitative estimate of drug-likeness (QED) is 0.759. The van der Waals surface area contributed by atoms with Crippen LogP contribution < -0.4 is 0 Å². The fourth-order valence-corrected chi connectivity index (χ4v) is 2.76. The molecule has 0 bridgehead atoms. The molecule has 0 spiro atoms. The lowest BCUT2D eigenvalue weighted by Gasteiger charge is -1.99. The van der Waals surface area contributed by atoms with Crippen LogP contribution in [0.5, 0.6) is 0 Å². The normalized spacial score (nSPS) is 10.3. The Morgan fingerprint density at radius 1 is 1.20 bits per heavy atom. The molecule has 1 aromatic heterocycles. The molecule has 0 fully saturated rings. The third-order valence-corrected chi connectivity index (χ3v) is 3.88. The standard InChI is InChI=1S/C12H9BrOS/c1-8-2-4-9(5-3-8)12(14)10-6-15-7-11(10)13/h2-7H,1H3. The summed E-state index contributed by atoms with van der Waals surface area (Å²) in [5.74, 6) is 0.0723. The number of carbonyl (C=O) groups excluding carboxylic acids is 1. The highest BCUT2D eigenvalue weighted by Gasteiger charge is 2.12. The van der Waals surface area contributed by atoms with Gasteiger partial charge in [-0.3, -0.25) is 4.79 Å². The zero-order valence-corrected chi connectivity index (χ0v) is 10.6. The highest BCUT2D eigenvalue weighted by atomic mass is 79.9. The van der Waals surface area contributed by atoms with Crippen molar-refractivity contribution in [1.82, 2.24) is 0 Å². The number of rotatable bonds is 2. The van der Waals surface area contributed by atoms with E-state index < -0.39 is 0 Å². The van der Waals surface area contributed by atoms with Crippen molar-refractivity contribution in [2.75, 3.05) is 0 Å². The second-order valence-electron chi connectivity index (χ2n) is 3.33. The molecule has 0 saturated carbocycles. The van der Waals surface area contributed by atoms with Crippen LogP contribution in [-0.2, 0) is 0 Å². The predicted octanol–water partition coefficient (Wildman–Crippen LogP) is 4.05. The van der Waals surface area contributed by atoms with E-state index in [0.717, 1.165) is 21.2 Å². The predicted molar refractivity (Wildman–Crippen MR) is 66.6 cm³/mol. The second-order valence-corrected chi connectivity index (χ2v) is 4.93. The Balaban J connectivity index is 2.37. The van der Waals surface area contributed by atoms with Gasteiger partial charge < -0.3 is 0 Å². The van der Waals surface area contributed by atoms with E-state index in [4.69, 9.17) is 0 Å². The molecule has 15 heavy (non-hydrogen) atoms. The third-order valence-electron chi connectivity index (χ3n) is 2.17. The van der Waals surface area contributed by atoms with Crippen LogP contribution in [0.15, 0.2) is 39.5 Å². The van der Waals surface area contributed by atoms with Gasteiger partial charge in [-0.15, -0.1) is 0 Å². The average Bonchev–Trinajstić information content (AvgIpc) is 2.65. The average molecular weight is 281 g/mol. The van der Waals surface area contributed by atoms with Crippen LogP contribution in [0.3, 0.4) is 0 Å². The topological polar surface area (TPSA) is 17.1 Å². The molecule has 0 amide bonds. The van der Waals surface area contributed by atoms with Crippen LogP contribution in [0.4, 0.5) is 0 Å². The summed E-state index contributed by atoms with van der Waals surface area (Å²) in [6, 6.07) is 7.63. The van der Waals surface area contributed by atoms with Gasteiger partial charge in [0.15, 0.2) is 5.78 Å². The maximum atomic E-state index is 12.0. The lowest BCUT2D eigenvalue weighted by atomic mass is 10.1. The van der Waals surface area contributed by atoms with E-state index in [9.17, 15) is 4.79 Å². The Kier molecular flexibility index (Phi) is 3.03. The first-order valence-corrected chi connectivity index (χ1v) is 6.25. The number of ketones is 1. The minimum Gasteiger partial charge on any atom is -0.289 e. The molecule has 0 aliphatic carbocycles. The first-order chi connectivity index (χ1) is 7.18. The van der Waals surface area contributed by atoms with Gasteiger partial charge in [0, 0.05) is 26.4 Å². The van der Waals surface area contributed by atoms with Gasteiger partial charge in [-0.1, -0.05) is 29.8 Å². The summed E-state index contributed by atoms with van der Waals surface area (Å²) in [4.78, 5) is 12.0. The number of halogens is 1. The van der Waals surface area contributed by atoms with E-state index in [1.807, 2.05) is 41.9 Å². The number of benzene rings is 1. The van der Waals surface area contributed by atoms with E-state index in [2.05, 4.69) is 15.9 Å². The SMILES string of the molecule is Cc1ccc(C(=O)c2cscc2Br)cc1. The fourth-order valence-electron chi connectivity index (χ4n) is 1.30. The molecule has 0 aliphatic heterocycles. The smallest absolute Gasteiger partial charge is 0.194 e. The van der Waals surface area contributed by atoms with E-state index in [1.54, 1.807) is 0 Å². The number of thiophene rings is 1. The Morgan fingerprint density at radius 3 is 2.40 bits per heavy atom. The largest absolute Gasteiger partial charge is 0.289 e. The molecule has 0 radical (unpaired) electrons. The zero-order chi connectivity index (χ0) is 10.8. The summed E-state index contributed by atoms with van der Waals surface area (Å²) in [7, 11) is 0. The zero-order valence-electron chi connectivity index (χ0n) is 8.16. The molecule has 2 aromatic rings. The van der Waals surface area contributed by atoms with Crippen molar-refractivity contribution in [3.8, 4) is 0 Å². The lowest BCUT2D eigenvalue weighted by Crippen LogP contribution is -1.99. The van der Waals surface area contributed by atoms with Gasteiger partial charge in [-0.2, -0.15) is 11.3 Å². The number of aryl methyl sites for hydroxylation is 1. The number of hydrogen-bond acceptors (Lipinski definition) is 2. The molecular weight excluding hydrogens is 272 g/mol. The molecule has 0 aliphatic rings. The van der Waals surface area contributed by atoms with Crippen molar-refractivity contribution in [3.05, 3.63) is 56.2 Å².